The van der Waals surface area contributed by atoms with Crippen molar-refractivity contribution in [3.8, 4) is 11.1 Å². The first-order valence-corrected chi connectivity index (χ1v) is 6.73. The van der Waals surface area contributed by atoms with Crippen molar-refractivity contribution in [2.24, 2.45) is 0 Å². The molecule has 0 atom stereocenters. The van der Waals surface area contributed by atoms with Crippen LogP contribution in [0.25, 0.3) is 22.0 Å². The number of benzene rings is 2. The minimum Gasteiger partial charge on any atom is -0.294 e. The Morgan fingerprint density at radius 1 is 1.05 bits per heavy atom. The molecule has 2 nitrogen and oxygen atoms in total. The van der Waals surface area contributed by atoms with E-state index in [1.54, 1.807) is 0 Å². The number of Topliss-reactive ketones (excluding diaryl/α,β-unsaturated/α-hetero) is 1. The van der Waals surface area contributed by atoms with Gasteiger partial charge in [-0.3, -0.25) is 9.78 Å². The maximum absolute atomic E-state index is 13.5. The quantitative estimate of drug-likeness (QED) is 0.644. The second-order valence-corrected chi connectivity index (χ2v) is 5.11. The SMILES string of the molecule is CC(=O)c1ccc(F)cc1-c1ccc2nc(C)ccc2c1. The molecular weight excluding hydrogens is 265 g/mol. The molecule has 0 radical (unpaired) electrons. The van der Waals surface area contributed by atoms with Crippen LogP contribution in [0, 0.1) is 12.7 Å². The van der Waals surface area contributed by atoms with Gasteiger partial charge in [0.1, 0.15) is 5.82 Å². The lowest BCUT2D eigenvalue weighted by Crippen LogP contribution is -1.97. The summed E-state index contributed by atoms with van der Waals surface area (Å²) < 4.78 is 13.5. The third-order valence-electron chi connectivity index (χ3n) is 3.50. The second kappa shape index (κ2) is 5.09. The fourth-order valence-corrected chi connectivity index (χ4v) is 2.46. The summed E-state index contributed by atoms with van der Waals surface area (Å²) in [5, 5.41) is 0.969. The lowest BCUT2D eigenvalue weighted by Gasteiger charge is -2.09. The van der Waals surface area contributed by atoms with E-state index in [4.69, 9.17) is 0 Å². The molecule has 3 heteroatoms. The monoisotopic (exact) mass is 279 g/mol. The summed E-state index contributed by atoms with van der Waals surface area (Å²) in [4.78, 5) is 16.2. The molecule has 0 aliphatic rings. The molecule has 104 valence electrons. The highest BCUT2D eigenvalue weighted by molar-refractivity contribution is 6.01. The van der Waals surface area contributed by atoms with Gasteiger partial charge in [0.2, 0.25) is 0 Å². The first kappa shape index (κ1) is 13.4. The van der Waals surface area contributed by atoms with Crippen molar-refractivity contribution in [2.45, 2.75) is 13.8 Å². The van der Waals surface area contributed by atoms with Gasteiger partial charge in [0.25, 0.3) is 0 Å². The number of fused-ring (bicyclic) bond motifs is 1. The predicted molar refractivity (Wildman–Crippen MR) is 81.9 cm³/mol. The molecule has 0 aliphatic carbocycles. The van der Waals surface area contributed by atoms with Crippen molar-refractivity contribution < 1.29 is 9.18 Å². The van der Waals surface area contributed by atoms with Crippen LogP contribution in [0.15, 0.2) is 48.5 Å². The van der Waals surface area contributed by atoms with Gasteiger partial charge in [0, 0.05) is 16.6 Å². The predicted octanol–water partition coefficient (Wildman–Crippen LogP) is 4.55. The van der Waals surface area contributed by atoms with Crippen LogP contribution >= 0.6 is 0 Å². The normalized spacial score (nSPS) is 10.8. The van der Waals surface area contributed by atoms with Crippen LogP contribution in [-0.2, 0) is 0 Å². The minimum atomic E-state index is -0.350. The highest BCUT2D eigenvalue weighted by Crippen LogP contribution is 2.28. The fourth-order valence-electron chi connectivity index (χ4n) is 2.46. The van der Waals surface area contributed by atoms with Crippen molar-refractivity contribution in [3.63, 3.8) is 0 Å². The molecule has 3 rings (SSSR count). The highest BCUT2D eigenvalue weighted by Gasteiger charge is 2.11. The second-order valence-electron chi connectivity index (χ2n) is 5.11. The van der Waals surface area contributed by atoms with E-state index in [2.05, 4.69) is 4.98 Å². The van der Waals surface area contributed by atoms with Gasteiger partial charge in [-0.1, -0.05) is 12.1 Å². The average molecular weight is 279 g/mol. The summed E-state index contributed by atoms with van der Waals surface area (Å²) in [6, 6.07) is 13.9. The number of carbonyl (C=O) groups is 1. The molecule has 0 N–H and O–H groups in total. The lowest BCUT2D eigenvalue weighted by molar-refractivity contribution is 0.101. The number of nitrogens with zero attached hydrogens (tertiary/aromatic N) is 1. The van der Waals surface area contributed by atoms with E-state index >= 15 is 0 Å². The number of halogens is 1. The molecular formula is C18H14FNO. The first-order valence-electron chi connectivity index (χ1n) is 6.73. The number of ketones is 1. The van der Waals surface area contributed by atoms with Gasteiger partial charge in [-0.05, 0) is 61.4 Å². The fraction of sp³-hybridized carbons (Fsp3) is 0.111. The lowest BCUT2D eigenvalue weighted by atomic mass is 9.96. The molecule has 1 heterocycles. The molecule has 0 bridgehead atoms. The maximum Gasteiger partial charge on any atom is 0.160 e. The summed E-state index contributed by atoms with van der Waals surface area (Å²) >= 11 is 0. The number of pyridine rings is 1. The van der Waals surface area contributed by atoms with E-state index < -0.39 is 0 Å². The van der Waals surface area contributed by atoms with E-state index in [-0.39, 0.29) is 11.6 Å². The molecule has 0 amide bonds. The van der Waals surface area contributed by atoms with E-state index in [1.807, 2.05) is 37.3 Å². The Kier molecular flexibility index (Phi) is 3.26. The van der Waals surface area contributed by atoms with Crippen LogP contribution < -0.4 is 0 Å². The number of aryl methyl sites for hydroxylation is 1. The Morgan fingerprint density at radius 2 is 1.86 bits per heavy atom. The molecule has 0 saturated heterocycles. The largest absolute Gasteiger partial charge is 0.294 e. The number of hydrogen-bond donors (Lipinski definition) is 0. The van der Waals surface area contributed by atoms with E-state index in [0.29, 0.717) is 11.1 Å². The number of aromatic nitrogens is 1. The Hall–Kier alpha value is -2.55. The molecule has 1 aromatic heterocycles. The Labute approximate surface area is 122 Å². The van der Waals surface area contributed by atoms with Crippen LogP contribution in [0.3, 0.4) is 0 Å². The van der Waals surface area contributed by atoms with Crippen LogP contribution in [0.1, 0.15) is 23.0 Å². The van der Waals surface area contributed by atoms with E-state index in [1.165, 1.54) is 25.1 Å². The highest BCUT2D eigenvalue weighted by atomic mass is 19.1. The summed E-state index contributed by atoms with van der Waals surface area (Å²) in [5.41, 5.74) is 3.80. The smallest absolute Gasteiger partial charge is 0.160 e. The zero-order valence-electron chi connectivity index (χ0n) is 11.9. The van der Waals surface area contributed by atoms with Crippen molar-refractivity contribution in [2.75, 3.05) is 0 Å². The Bertz CT molecular complexity index is 855. The van der Waals surface area contributed by atoms with Crippen molar-refractivity contribution in [1.29, 1.82) is 0 Å². The molecule has 3 aromatic rings. The molecule has 0 fully saturated rings. The van der Waals surface area contributed by atoms with Gasteiger partial charge in [0.05, 0.1) is 5.52 Å². The van der Waals surface area contributed by atoms with Gasteiger partial charge in [-0.2, -0.15) is 0 Å². The van der Waals surface area contributed by atoms with Crippen molar-refractivity contribution in [3.05, 3.63) is 65.6 Å². The van der Waals surface area contributed by atoms with Gasteiger partial charge in [-0.25, -0.2) is 4.39 Å². The van der Waals surface area contributed by atoms with E-state index in [0.717, 1.165) is 22.2 Å². The third kappa shape index (κ3) is 2.55. The minimum absolute atomic E-state index is 0.0767. The van der Waals surface area contributed by atoms with Crippen LogP contribution in [0.4, 0.5) is 4.39 Å². The summed E-state index contributed by atoms with van der Waals surface area (Å²) in [5.74, 6) is -0.427. The number of hydrogen-bond acceptors (Lipinski definition) is 2. The topological polar surface area (TPSA) is 30.0 Å². The van der Waals surface area contributed by atoms with Crippen molar-refractivity contribution in [1.82, 2.24) is 4.98 Å². The summed E-state index contributed by atoms with van der Waals surface area (Å²) in [6.07, 6.45) is 0. The number of rotatable bonds is 2. The zero-order chi connectivity index (χ0) is 15.0. The Morgan fingerprint density at radius 3 is 2.62 bits per heavy atom. The molecule has 0 aliphatic heterocycles. The van der Waals surface area contributed by atoms with Gasteiger partial charge < -0.3 is 0 Å². The molecule has 0 saturated carbocycles. The standard InChI is InChI=1S/C18H14FNO/c1-11-3-4-14-9-13(5-8-18(14)20-11)17-10-15(19)6-7-16(17)12(2)21/h3-10H,1-2H3. The zero-order valence-corrected chi connectivity index (χ0v) is 11.9. The van der Waals surface area contributed by atoms with Gasteiger partial charge >= 0.3 is 0 Å². The van der Waals surface area contributed by atoms with E-state index in [9.17, 15) is 9.18 Å². The Balaban J connectivity index is 2.23. The molecule has 2 aromatic carbocycles. The molecule has 21 heavy (non-hydrogen) atoms. The van der Waals surface area contributed by atoms with Crippen molar-refractivity contribution >= 4 is 16.7 Å². The third-order valence-corrected chi connectivity index (χ3v) is 3.50. The molecule has 0 spiro atoms. The van der Waals surface area contributed by atoms with Crippen LogP contribution in [0.5, 0.6) is 0 Å². The van der Waals surface area contributed by atoms with Gasteiger partial charge in [-0.15, -0.1) is 0 Å². The summed E-state index contributed by atoms with van der Waals surface area (Å²) in [7, 11) is 0. The summed E-state index contributed by atoms with van der Waals surface area (Å²) in [6.45, 7) is 3.43. The number of carbonyl (C=O) groups excluding carboxylic acids is 1. The molecule has 0 unspecified atom stereocenters. The average Bonchev–Trinajstić information content (AvgIpc) is 2.46. The maximum atomic E-state index is 13.5. The van der Waals surface area contributed by atoms with Crippen LogP contribution in [-0.4, -0.2) is 10.8 Å². The van der Waals surface area contributed by atoms with Crippen LogP contribution in [0.2, 0.25) is 0 Å². The van der Waals surface area contributed by atoms with Gasteiger partial charge in [0.15, 0.2) is 5.78 Å². The first-order chi connectivity index (χ1) is 10.0.